The van der Waals surface area contributed by atoms with Crippen molar-refractivity contribution < 1.29 is 18.7 Å². The van der Waals surface area contributed by atoms with Gasteiger partial charge < -0.3 is 15.8 Å². The smallest absolute Gasteiger partial charge is 0.338 e. The third-order valence-electron chi connectivity index (χ3n) is 1.93. The highest BCUT2D eigenvalue weighted by Crippen LogP contribution is 2.12. The molecule has 1 rings (SSSR count). The van der Waals surface area contributed by atoms with Crippen molar-refractivity contribution in [1.29, 1.82) is 5.26 Å². The second-order valence-electron chi connectivity index (χ2n) is 3.25. The second kappa shape index (κ2) is 6.20. The normalized spacial score (nSPS) is 9.33. The van der Waals surface area contributed by atoms with Gasteiger partial charge in [0.1, 0.15) is 12.4 Å². The maximum atomic E-state index is 12.8. The van der Waals surface area contributed by atoms with Gasteiger partial charge in [0, 0.05) is 0 Å². The number of hydrogen-bond donors (Lipinski definition) is 2. The van der Waals surface area contributed by atoms with Crippen molar-refractivity contribution in [3.63, 3.8) is 0 Å². The van der Waals surface area contributed by atoms with E-state index < -0.39 is 24.3 Å². The lowest BCUT2D eigenvalue weighted by Crippen LogP contribution is -2.29. The molecule has 0 aliphatic rings. The molecule has 0 saturated carbocycles. The Hall–Kier alpha value is -2.62. The van der Waals surface area contributed by atoms with Crippen molar-refractivity contribution in [3.05, 3.63) is 29.6 Å². The minimum absolute atomic E-state index is 0.0435. The summed E-state index contributed by atoms with van der Waals surface area (Å²) in [6.45, 7) is -0.683. The van der Waals surface area contributed by atoms with Gasteiger partial charge in [-0.2, -0.15) is 5.26 Å². The summed E-state index contributed by atoms with van der Waals surface area (Å²) in [6, 6.07) is 5.04. The number of carbonyl (C=O) groups is 2. The van der Waals surface area contributed by atoms with Gasteiger partial charge in [0.15, 0.2) is 6.61 Å². The number of rotatable bonds is 4. The first-order chi connectivity index (χ1) is 8.54. The molecule has 0 aromatic heterocycles. The van der Waals surface area contributed by atoms with E-state index in [0.29, 0.717) is 0 Å². The maximum Gasteiger partial charge on any atom is 0.338 e. The van der Waals surface area contributed by atoms with E-state index in [4.69, 9.17) is 11.0 Å². The van der Waals surface area contributed by atoms with E-state index in [0.717, 1.165) is 12.1 Å². The van der Waals surface area contributed by atoms with Gasteiger partial charge in [-0.05, 0) is 18.2 Å². The summed E-state index contributed by atoms with van der Waals surface area (Å²) in [5.74, 6) is -2.04. The van der Waals surface area contributed by atoms with Crippen molar-refractivity contribution in [1.82, 2.24) is 5.32 Å². The van der Waals surface area contributed by atoms with Crippen LogP contribution in [-0.2, 0) is 9.53 Å². The predicted octanol–water partition coefficient (Wildman–Crippen LogP) is 0.204. The average Bonchev–Trinajstić information content (AvgIpc) is 2.36. The molecule has 1 aromatic carbocycles. The van der Waals surface area contributed by atoms with Crippen LogP contribution in [0.15, 0.2) is 18.2 Å². The molecule has 0 fully saturated rings. The summed E-state index contributed by atoms with van der Waals surface area (Å²) in [6.07, 6.45) is 0. The molecule has 1 aromatic rings. The van der Waals surface area contributed by atoms with Gasteiger partial charge in [-0.3, -0.25) is 4.79 Å². The fourth-order valence-electron chi connectivity index (χ4n) is 1.07. The van der Waals surface area contributed by atoms with E-state index in [1.165, 1.54) is 6.07 Å². The number of nitrogens with one attached hydrogen (secondary N) is 1. The van der Waals surface area contributed by atoms with Gasteiger partial charge in [0.25, 0.3) is 5.91 Å². The highest BCUT2D eigenvalue weighted by molar-refractivity contribution is 5.92. The molecule has 6 nitrogen and oxygen atoms in total. The summed E-state index contributed by atoms with van der Waals surface area (Å²) in [5, 5.41) is 10.4. The third-order valence-corrected chi connectivity index (χ3v) is 1.93. The summed E-state index contributed by atoms with van der Waals surface area (Å²) in [4.78, 5) is 22.5. The minimum Gasteiger partial charge on any atom is -0.452 e. The van der Waals surface area contributed by atoms with E-state index in [9.17, 15) is 14.0 Å². The Kier molecular flexibility index (Phi) is 4.63. The number of nitrogens with zero attached hydrogens (tertiary/aromatic N) is 1. The first-order valence-electron chi connectivity index (χ1n) is 4.90. The van der Waals surface area contributed by atoms with Crippen LogP contribution >= 0.6 is 0 Å². The van der Waals surface area contributed by atoms with Gasteiger partial charge in [0.2, 0.25) is 0 Å². The van der Waals surface area contributed by atoms with Crippen molar-refractivity contribution >= 4 is 17.6 Å². The molecule has 7 heteroatoms. The number of esters is 1. The van der Waals surface area contributed by atoms with E-state index in [2.05, 4.69) is 10.1 Å². The number of ether oxygens (including phenoxy) is 1. The molecule has 0 spiro atoms. The Morgan fingerprint density at radius 1 is 1.50 bits per heavy atom. The molecule has 0 atom stereocenters. The minimum atomic E-state index is -0.797. The van der Waals surface area contributed by atoms with E-state index in [-0.39, 0.29) is 17.8 Å². The van der Waals surface area contributed by atoms with Gasteiger partial charge >= 0.3 is 5.97 Å². The number of nitrogens with two attached hydrogens (primary N) is 1. The number of halogens is 1. The molecule has 0 unspecified atom stereocenters. The van der Waals surface area contributed by atoms with E-state index >= 15 is 0 Å². The van der Waals surface area contributed by atoms with Gasteiger partial charge in [-0.25, -0.2) is 9.18 Å². The van der Waals surface area contributed by atoms with Crippen LogP contribution in [0, 0.1) is 17.1 Å². The number of amides is 1. The molecule has 0 radical (unpaired) electrons. The number of carbonyl (C=O) groups excluding carboxylic acids is 2. The van der Waals surface area contributed by atoms with Crippen LogP contribution in [0.2, 0.25) is 0 Å². The van der Waals surface area contributed by atoms with E-state index in [1.54, 1.807) is 6.07 Å². The van der Waals surface area contributed by atoms with Crippen LogP contribution in [0.1, 0.15) is 10.4 Å². The van der Waals surface area contributed by atoms with Gasteiger partial charge in [-0.1, -0.05) is 0 Å². The lowest BCUT2D eigenvalue weighted by atomic mass is 10.2. The first kappa shape index (κ1) is 13.4. The lowest BCUT2D eigenvalue weighted by Gasteiger charge is -2.05. The fourth-order valence-corrected chi connectivity index (χ4v) is 1.07. The monoisotopic (exact) mass is 251 g/mol. The zero-order valence-corrected chi connectivity index (χ0v) is 9.27. The lowest BCUT2D eigenvalue weighted by molar-refractivity contribution is -0.123. The summed E-state index contributed by atoms with van der Waals surface area (Å²) in [7, 11) is 0. The van der Waals surface area contributed by atoms with Crippen LogP contribution in [-0.4, -0.2) is 25.0 Å². The summed E-state index contributed by atoms with van der Waals surface area (Å²) < 4.78 is 17.5. The number of nitrogen functional groups attached to an aromatic ring is 1. The standard InChI is InChI=1S/C11H10FN3O3/c12-8-2-1-7(5-9(8)14)11(17)18-6-10(16)15-4-3-13/h1-2,5H,4,6,14H2,(H,15,16). The Bertz CT molecular complexity index is 511. The first-order valence-corrected chi connectivity index (χ1v) is 4.90. The van der Waals surface area contributed by atoms with Crippen molar-refractivity contribution in [2.24, 2.45) is 0 Å². The highest BCUT2D eigenvalue weighted by Gasteiger charge is 2.11. The second-order valence-corrected chi connectivity index (χ2v) is 3.25. The number of hydrogen-bond acceptors (Lipinski definition) is 5. The zero-order valence-electron chi connectivity index (χ0n) is 9.27. The largest absolute Gasteiger partial charge is 0.452 e. The van der Waals surface area contributed by atoms with Crippen LogP contribution < -0.4 is 11.1 Å². The quantitative estimate of drug-likeness (QED) is 0.452. The molecule has 0 bridgehead atoms. The molecule has 0 aliphatic carbocycles. The van der Waals surface area contributed by atoms with Crippen LogP contribution in [0.25, 0.3) is 0 Å². The molecule has 0 heterocycles. The Morgan fingerprint density at radius 2 is 2.22 bits per heavy atom. The molecular weight excluding hydrogens is 241 g/mol. The molecule has 94 valence electrons. The SMILES string of the molecule is N#CCNC(=O)COC(=O)c1ccc(F)c(N)c1. The number of benzene rings is 1. The van der Waals surface area contributed by atoms with Crippen LogP contribution in [0.3, 0.4) is 0 Å². The Labute approximate surface area is 102 Å². The van der Waals surface area contributed by atoms with Crippen LogP contribution in [0.5, 0.6) is 0 Å². The zero-order chi connectivity index (χ0) is 13.5. The molecule has 18 heavy (non-hydrogen) atoms. The molecule has 0 aliphatic heterocycles. The molecule has 1 amide bonds. The van der Waals surface area contributed by atoms with Crippen molar-refractivity contribution in [3.8, 4) is 6.07 Å². The topological polar surface area (TPSA) is 105 Å². The average molecular weight is 251 g/mol. The maximum absolute atomic E-state index is 12.8. The fraction of sp³-hybridized carbons (Fsp3) is 0.182. The predicted molar refractivity (Wildman–Crippen MR) is 59.7 cm³/mol. The Balaban J connectivity index is 2.53. The summed E-state index contributed by atoms with van der Waals surface area (Å²) in [5.41, 5.74) is 5.14. The van der Waals surface area contributed by atoms with Gasteiger partial charge in [0.05, 0.1) is 17.3 Å². The van der Waals surface area contributed by atoms with Gasteiger partial charge in [-0.15, -0.1) is 0 Å². The van der Waals surface area contributed by atoms with E-state index in [1.807, 2.05) is 0 Å². The molecule has 0 saturated heterocycles. The molecular formula is C11H10FN3O3. The highest BCUT2D eigenvalue weighted by atomic mass is 19.1. The summed E-state index contributed by atoms with van der Waals surface area (Å²) >= 11 is 0. The Morgan fingerprint density at radius 3 is 2.83 bits per heavy atom. The molecule has 3 N–H and O–H groups in total. The number of anilines is 1. The third kappa shape index (κ3) is 3.75. The number of nitriles is 1. The van der Waals surface area contributed by atoms with Crippen LogP contribution in [0.4, 0.5) is 10.1 Å². The van der Waals surface area contributed by atoms with Crippen molar-refractivity contribution in [2.45, 2.75) is 0 Å². The van der Waals surface area contributed by atoms with Crippen molar-refractivity contribution in [2.75, 3.05) is 18.9 Å².